The summed E-state index contributed by atoms with van der Waals surface area (Å²) in [5.41, 5.74) is 4.12. The first-order valence-electron chi connectivity index (χ1n) is 9.35. The van der Waals surface area contributed by atoms with Crippen molar-refractivity contribution >= 4 is 16.7 Å². The van der Waals surface area contributed by atoms with E-state index in [4.69, 9.17) is 9.47 Å². The van der Waals surface area contributed by atoms with Gasteiger partial charge in [-0.05, 0) is 37.1 Å². The average Bonchev–Trinajstić information content (AvgIpc) is 3.27. The monoisotopic (exact) mass is 389 g/mol. The molecule has 0 aliphatic rings. The fourth-order valence-electron chi connectivity index (χ4n) is 3.37. The molecule has 4 aromatic rings. The van der Waals surface area contributed by atoms with E-state index in [1.54, 1.807) is 14.2 Å². The lowest BCUT2D eigenvalue weighted by Crippen LogP contribution is -2.10. The number of nitrogens with one attached hydrogen (secondary N) is 2. The molecular formula is C22H23N5O2. The van der Waals surface area contributed by atoms with Crippen molar-refractivity contribution in [3.05, 3.63) is 60.2 Å². The normalized spacial score (nSPS) is 12.0. The molecule has 0 spiro atoms. The quantitative estimate of drug-likeness (QED) is 0.504. The zero-order chi connectivity index (χ0) is 20.4. The molecule has 0 fully saturated rings. The molecule has 0 saturated heterocycles. The second-order valence-corrected chi connectivity index (χ2v) is 6.82. The van der Waals surface area contributed by atoms with Crippen LogP contribution in [-0.4, -0.2) is 34.4 Å². The van der Waals surface area contributed by atoms with E-state index in [0.717, 1.165) is 33.4 Å². The van der Waals surface area contributed by atoms with Crippen LogP contribution in [0.4, 0.5) is 5.82 Å². The number of nitrogens with zero attached hydrogens (tertiary/aromatic N) is 3. The fraction of sp³-hybridized carbons (Fsp3) is 0.227. The van der Waals surface area contributed by atoms with E-state index in [0.29, 0.717) is 17.3 Å². The van der Waals surface area contributed by atoms with Gasteiger partial charge < -0.3 is 14.8 Å². The molecule has 0 radical (unpaired) electrons. The van der Waals surface area contributed by atoms with E-state index in [1.807, 2.05) is 37.5 Å². The van der Waals surface area contributed by atoms with Gasteiger partial charge in [0.05, 0.1) is 25.9 Å². The maximum Gasteiger partial charge on any atom is 0.162 e. The lowest BCUT2D eigenvalue weighted by Gasteiger charge is -2.18. The Labute approximate surface area is 169 Å². The highest BCUT2D eigenvalue weighted by molar-refractivity contribution is 5.92. The summed E-state index contributed by atoms with van der Waals surface area (Å²) in [6.07, 6.45) is 3.70. The van der Waals surface area contributed by atoms with Crippen molar-refractivity contribution in [1.82, 2.24) is 20.2 Å². The van der Waals surface area contributed by atoms with Crippen molar-refractivity contribution in [2.45, 2.75) is 19.9 Å². The van der Waals surface area contributed by atoms with Gasteiger partial charge in [0.15, 0.2) is 11.5 Å². The molecule has 0 aliphatic heterocycles. The Hall–Kier alpha value is -3.61. The SMILES string of the molecule is COc1cc2nc(C)nc(NC(C)c3cccc(-c4cn[nH]c4)c3)c2cc1OC. The summed E-state index contributed by atoms with van der Waals surface area (Å²) in [5.74, 6) is 2.73. The van der Waals surface area contributed by atoms with Crippen molar-refractivity contribution in [1.29, 1.82) is 0 Å². The lowest BCUT2D eigenvalue weighted by atomic mass is 10.0. The number of anilines is 1. The molecule has 0 saturated carbocycles. The lowest BCUT2D eigenvalue weighted by molar-refractivity contribution is 0.356. The maximum atomic E-state index is 5.46. The third-order valence-electron chi connectivity index (χ3n) is 4.88. The number of hydrogen-bond donors (Lipinski definition) is 2. The molecule has 2 heterocycles. The van der Waals surface area contributed by atoms with Crippen LogP contribution >= 0.6 is 0 Å². The third kappa shape index (κ3) is 3.71. The van der Waals surface area contributed by atoms with Crippen molar-refractivity contribution in [3.63, 3.8) is 0 Å². The topological polar surface area (TPSA) is 85.0 Å². The minimum atomic E-state index is 0.0347. The van der Waals surface area contributed by atoms with E-state index in [-0.39, 0.29) is 6.04 Å². The summed E-state index contributed by atoms with van der Waals surface area (Å²) in [6.45, 7) is 3.99. The molecule has 2 aromatic heterocycles. The zero-order valence-electron chi connectivity index (χ0n) is 16.9. The first-order chi connectivity index (χ1) is 14.1. The average molecular weight is 389 g/mol. The number of aromatic nitrogens is 4. The molecular weight excluding hydrogens is 366 g/mol. The van der Waals surface area contributed by atoms with Crippen LogP contribution in [0, 0.1) is 6.92 Å². The van der Waals surface area contributed by atoms with Crippen molar-refractivity contribution in [2.75, 3.05) is 19.5 Å². The van der Waals surface area contributed by atoms with Crippen molar-refractivity contribution in [3.8, 4) is 22.6 Å². The van der Waals surface area contributed by atoms with Gasteiger partial charge in [-0.3, -0.25) is 5.10 Å². The number of fused-ring (bicyclic) bond motifs is 1. The van der Waals surface area contributed by atoms with Crippen LogP contribution in [0.15, 0.2) is 48.8 Å². The third-order valence-corrected chi connectivity index (χ3v) is 4.88. The molecule has 1 unspecified atom stereocenters. The fourth-order valence-corrected chi connectivity index (χ4v) is 3.37. The largest absolute Gasteiger partial charge is 0.493 e. The van der Waals surface area contributed by atoms with Gasteiger partial charge in [-0.25, -0.2) is 9.97 Å². The summed E-state index contributed by atoms with van der Waals surface area (Å²) < 4.78 is 10.9. The highest BCUT2D eigenvalue weighted by atomic mass is 16.5. The molecule has 148 valence electrons. The standard InChI is InChI=1S/C22H23N5O2/c1-13(15-6-5-7-16(8-15)17-11-23-24-12-17)25-22-18-9-20(28-3)21(29-4)10-19(18)26-14(2)27-22/h5-13H,1-4H3,(H,23,24)(H,25,26,27). The molecule has 7 nitrogen and oxygen atoms in total. The minimum absolute atomic E-state index is 0.0347. The van der Waals surface area contributed by atoms with E-state index in [2.05, 4.69) is 50.6 Å². The Morgan fingerprint density at radius 1 is 1.00 bits per heavy atom. The minimum Gasteiger partial charge on any atom is -0.493 e. The Morgan fingerprint density at radius 3 is 2.52 bits per heavy atom. The number of aryl methyl sites for hydroxylation is 1. The van der Waals surface area contributed by atoms with Gasteiger partial charge in [0, 0.05) is 29.3 Å². The summed E-state index contributed by atoms with van der Waals surface area (Å²) >= 11 is 0. The van der Waals surface area contributed by atoms with E-state index < -0.39 is 0 Å². The highest BCUT2D eigenvalue weighted by Gasteiger charge is 2.15. The van der Waals surface area contributed by atoms with Gasteiger partial charge in [-0.2, -0.15) is 5.10 Å². The Morgan fingerprint density at radius 2 is 1.79 bits per heavy atom. The molecule has 2 N–H and O–H groups in total. The number of hydrogen-bond acceptors (Lipinski definition) is 6. The zero-order valence-corrected chi connectivity index (χ0v) is 16.9. The summed E-state index contributed by atoms with van der Waals surface area (Å²) in [6, 6.07) is 12.2. The van der Waals surface area contributed by atoms with Crippen LogP contribution in [0.25, 0.3) is 22.0 Å². The van der Waals surface area contributed by atoms with Crippen LogP contribution in [0.2, 0.25) is 0 Å². The second-order valence-electron chi connectivity index (χ2n) is 6.82. The molecule has 1 atom stereocenters. The van der Waals surface area contributed by atoms with E-state index in [9.17, 15) is 0 Å². The van der Waals surface area contributed by atoms with Gasteiger partial charge in [-0.15, -0.1) is 0 Å². The first-order valence-corrected chi connectivity index (χ1v) is 9.35. The van der Waals surface area contributed by atoms with Gasteiger partial charge >= 0.3 is 0 Å². The molecule has 0 aliphatic carbocycles. The van der Waals surface area contributed by atoms with Crippen LogP contribution in [-0.2, 0) is 0 Å². The molecule has 0 bridgehead atoms. The Balaban J connectivity index is 1.71. The number of methoxy groups -OCH3 is 2. The van der Waals surface area contributed by atoms with Crippen LogP contribution < -0.4 is 14.8 Å². The number of aromatic amines is 1. The number of H-pyrrole nitrogens is 1. The molecule has 29 heavy (non-hydrogen) atoms. The van der Waals surface area contributed by atoms with E-state index in [1.165, 1.54) is 0 Å². The van der Waals surface area contributed by atoms with Gasteiger partial charge in [0.25, 0.3) is 0 Å². The molecule has 0 amide bonds. The van der Waals surface area contributed by atoms with Crippen LogP contribution in [0.5, 0.6) is 11.5 Å². The smallest absolute Gasteiger partial charge is 0.162 e. The number of benzene rings is 2. The number of rotatable bonds is 6. The molecule has 7 heteroatoms. The number of ether oxygens (including phenoxy) is 2. The van der Waals surface area contributed by atoms with Gasteiger partial charge in [-0.1, -0.05) is 18.2 Å². The Kier molecular flexibility index (Phi) is 5.03. The summed E-state index contributed by atoms with van der Waals surface area (Å²) in [4.78, 5) is 9.19. The summed E-state index contributed by atoms with van der Waals surface area (Å²) in [5, 5.41) is 11.3. The molecule has 2 aromatic carbocycles. The highest BCUT2D eigenvalue weighted by Crippen LogP contribution is 2.35. The van der Waals surface area contributed by atoms with Crippen LogP contribution in [0.3, 0.4) is 0 Å². The van der Waals surface area contributed by atoms with Crippen molar-refractivity contribution in [2.24, 2.45) is 0 Å². The predicted octanol–water partition coefficient (Wildman–Crippen LogP) is 4.52. The van der Waals surface area contributed by atoms with Gasteiger partial charge in [0.2, 0.25) is 0 Å². The molecule has 4 rings (SSSR count). The van der Waals surface area contributed by atoms with Crippen molar-refractivity contribution < 1.29 is 9.47 Å². The van der Waals surface area contributed by atoms with E-state index >= 15 is 0 Å². The predicted molar refractivity (Wildman–Crippen MR) is 113 cm³/mol. The van der Waals surface area contributed by atoms with Crippen LogP contribution in [0.1, 0.15) is 24.4 Å². The maximum absolute atomic E-state index is 5.46. The van der Waals surface area contributed by atoms with Gasteiger partial charge in [0.1, 0.15) is 11.6 Å². The Bertz CT molecular complexity index is 1140. The summed E-state index contributed by atoms with van der Waals surface area (Å²) in [7, 11) is 3.24. The second kappa shape index (κ2) is 7.79. The first kappa shape index (κ1) is 18.7.